The summed E-state index contributed by atoms with van der Waals surface area (Å²) in [6, 6.07) is 1.53. The second-order valence-corrected chi connectivity index (χ2v) is 3.36. The van der Waals surface area contributed by atoms with E-state index in [1.807, 2.05) is 6.92 Å². The molecule has 2 N–H and O–H groups in total. The van der Waals surface area contributed by atoms with Crippen LogP contribution in [0.4, 0.5) is 0 Å². The van der Waals surface area contributed by atoms with Gasteiger partial charge in [-0.25, -0.2) is 4.79 Å². The minimum atomic E-state index is -0.573. The van der Waals surface area contributed by atoms with Crippen molar-refractivity contribution in [3.05, 3.63) is 29.6 Å². The van der Waals surface area contributed by atoms with Crippen LogP contribution in [0.5, 0.6) is 0 Å². The van der Waals surface area contributed by atoms with E-state index in [9.17, 15) is 9.59 Å². The van der Waals surface area contributed by atoms with Crippen LogP contribution in [-0.4, -0.2) is 28.8 Å². The highest BCUT2D eigenvalue weighted by molar-refractivity contribution is 5.90. The molecule has 17 heavy (non-hydrogen) atoms. The molecule has 0 bridgehead atoms. The second-order valence-electron chi connectivity index (χ2n) is 3.36. The van der Waals surface area contributed by atoms with E-state index in [1.165, 1.54) is 17.9 Å². The zero-order valence-corrected chi connectivity index (χ0v) is 9.84. The van der Waals surface area contributed by atoms with Gasteiger partial charge in [0.15, 0.2) is 0 Å². The Bertz CT molecular complexity index is 449. The summed E-state index contributed by atoms with van der Waals surface area (Å²) in [6.45, 7) is 2.26. The number of esters is 1. The Morgan fingerprint density at radius 1 is 1.59 bits per heavy atom. The van der Waals surface area contributed by atoms with Gasteiger partial charge in [0.2, 0.25) is 0 Å². The predicted molar refractivity (Wildman–Crippen MR) is 61.1 cm³/mol. The fourth-order valence-electron chi connectivity index (χ4n) is 1.30. The van der Waals surface area contributed by atoms with Crippen molar-refractivity contribution in [2.24, 2.45) is 5.73 Å². The average molecular weight is 237 g/mol. The molecule has 0 aliphatic heterocycles. The maximum atomic E-state index is 11.3. The number of nitrogens with two attached hydrogens (primary N) is 1. The summed E-state index contributed by atoms with van der Waals surface area (Å²) in [4.78, 5) is 22.1. The number of primary amides is 1. The number of amides is 1. The first-order valence-corrected chi connectivity index (χ1v) is 5.19. The molecule has 0 aliphatic rings. The zero-order valence-electron chi connectivity index (χ0n) is 9.84. The third-order valence-corrected chi connectivity index (χ3v) is 2.25. The average Bonchev–Trinajstić information content (AvgIpc) is 2.78. The lowest BCUT2D eigenvalue weighted by Crippen LogP contribution is -2.12. The molecular formula is C11H15N3O3. The Labute approximate surface area is 99.0 Å². The smallest absolute Gasteiger partial charge is 0.333 e. The number of nitrogens with zero attached hydrogens (tertiary/aromatic N) is 2. The van der Waals surface area contributed by atoms with E-state index in [4.69, 9.17) is 5.73 Å². The van der Waals surface area contributed by atoms with Gasteiger partial charge in [-0.2, -0.15) is 5.10 Å². The van der Waals surface area contributed by atoms with Crippen LogP contribution < -0.4 is 5.73 Å². The number of carbonyl (C=O) groups is 2. The van der Waals surface area contributed by atoms with Crippen LogP contribution >= 0.6 is 0 Å². The van der Waals surface area contributed by atoms with Gasteiger partial charge in [-0.05, 0) is 12.5 Å². The first kappa shape index (κ1) is 13.0. The molecule has 0 unspecified atom stereocenters. The van der Waals surface area contributed by atoms with Crippen molar-refractivity contribution in [2.45, 2.75) is 19.9 Å². The summed E-state index contributed by atoms with van der Waals surface area (Å²) in [6.07, 6.45) is 3.92. The summed E-state index contributed by atoms with van der Waals surface area (Å²) >= 11 is 0. The van der Waals surface area contributed by atoms with E-state index in [-0.39, 0.29) is 11.7 Å². The summed E-state index contributed by atoms with van der Waals surface area (Å²) in [5.74, 6) is -0.925. The molecule has 0 radical (unpaired) electrons. The monoisotopic (exact) mass is 237 g/mol. The van der Waals surface area contributed by atoms with E-state index in [0.717, 1.165) is 0 Å². The Morgan fingerprint density at radius 2 is 2.29 bits per heavy atom. The van der Waals surface area contributed by atoms with Gasteiger partial charge in [0.05, 0.1) is 13.7 Å². The Morgan fingerprint density at radius 3 is 2.76 bits per heavy atom. The van der Waals surface area contributed by atoms with E-state index < -0.39 is 5.91 Å². The first-order valence-electron chi connectivity index (χ1n) is 5.19. The van der Waals surface area contributed by atoms with Crippen LogP contribution in [0, 0.1) is 0 Å². The lowest BCUT2D eigenvalue weighted by molar-refractivity contribution is -0.136. The standard InChI is InChI=1S/C11H15N3O3/c1-3-8(11(16)17-2)4-6-14-7-5-9(13-14)10(12)15/h4-5,7H,3,6H2,1-2H3,(H2,12,15). The van der Waals surface area contributed by atoms with Crippen LogP contribution in [0.1, 0.15) is 23.8 Å². The van der Waals surface area contributed by atoms with Crippen LogP contribution in [-0.2, 0) is 16.1 Å². The van der Waals surface area contributed by atoms with Gasteiger partial charge in [-0.1, -0.05) is 13.0 Å². The lowest BCUT2D eigenvalue weighted by Gasteiger charge is -2.02. The molecule has 0 aromatic carbocycles. The molecule has 1 rings (SSSR count). The molecule has 1 aromatic rings. The number of aromatic nitrogens is 2. The molecule has 0 saturated heterocycles. The summed E-state index contributed by atoms with van der Waals surface area (Å²) in [5, 5.41) is 3.95. The topological polar surface area (TPSA) is 87.2 Å². The zero-order chi connectivity index (χ0) is 12.8. The Hall–Kier alpha value is -2.11. The second kappa shape index (κ2) is 5.83. The van der Waals surface area contributed by atoms with E-state index in [2.05, 4.69) is 9.84 Å². The SMILES string of the molecule is CCC(=CCn1ccc(C(N)=O)n1)C(=O)OC. The van der Waals surface area contributed by atoms with Crippen LogP contribution in [0.2, 0.25) is 0 Å². The highest BCUT2D eigenvalue weighted by Gasteiger charge is 2.07. The largest absolute Gasteiger partial charge is 0.466 e. The number of allylic oxidation sites excluding steroid dienone is 1. The molecule has 0 saturated carbocycles. The first-order chi connectivity index (χ1) is 8.08. The molecule has 1 amide bonds. The predicted octanol–water partition coefficient (Wildman–Crippen LogP) is 0.491. The Kier molecular flexibility index (Phi) is 4.45. The third kappa shape index (κ3) is 3.44. The normalized spacial score (nSPS) is 11.3. The van der Waals surface area contributed by atoms with Gasteiger partial charge in [-0.15, -0.1) is 0 Å². The van der Waals surface area contributed by atoms with Gasteiger partial charge < -0.3 is 10.5 Å². The molecular weight excluding hydrogens is 222 g/mol. The molecule has 0 atom stereocenters. The molecule has 0 fully saturated rings. The molecule has 0 aliphatic carbocycles. The van der Waals surface area contributed by atoms with E-state index >= 15 is 0 Å². The number of methoxy groups -OCH3 is 1. The molecule has 1 heterocycles. The van der Waals surface area contributed by atoms with Gasteiger partial charge >= 0.3 is 5.97 Å². The maximum Gasteiger partial charge on any atom is 0.333 e. The van der Waals surface area contributed by atoms with Gasteiger partial charge in [0.1, 0.15) is 5.69 Å². The van der Waals surface area contributed by atoms with Crippen LogP contribution in [0.3, 0.4) is 0 Å². The molecule has 92 valence electrons. The minimum Gasteiger partial charge on any atom is -0.466 e. The quantitative estimate of drug-likeness (QED) is 0.596. The van der Waals surface area contributed by atoms with E-state index in [0.29, 0.717) is 18.5 Å². The number of ether oxygens (including phenoxy) is 1. The molecule has 6 heteroatoms. The van der Waals surface area contributed by atoms with Crippen molar-refractivity contribution in [3.8, 4) is 0 Å². The lowest BCUT2D eigenvalue weighted by atomic mass is 10.2. The van der Waals surface area contributed by atoms with Crippen molar-refractivity contribution >= 4 is 11.9 Å². The Balaban J connectivity index is 2.73. The van der Waals surface area contributed by atoms with Crippen molar-refractivity contribution in [1.29, 1.82) is 0 Å². The highest BCUT2D eigenvalue weighted by Crippen LogP contribution is 2.04. The maximum absolute atomic E-state index is 11.3. The fraction of sp³-hybridized carbons (Fsp3) is 0.364. The van der Waals surface area contributed by atoms with E-state index in [1.54, 1.807) is 12.3 Å². The van der Waals surface area contributed by atoms with Crippen molar-refractivity contribution in [3.63, 3.8) is 0 Å². The molecule has 1 aromatic heterocycles. The van der Waals surface area contributed by atoms with Gasteiger partial charge in [0.25, 0.3) is 5.91 Å². The van der Waals surface area contributed by atoms with Crippen LogP contribution in [0.15, 0.2) is 23.9 Å². The summed E-state index contributed by atoms with van der Waals surface area (Å²) in [5.41, 5.74) is 5.85. The van der Waals surface area contributed by atoms with Gasteiger partial charge in [0, 0.05) is 11.8 Å². The number of carbonyl (C=O) groups excluding carboxylic acids is 2. The third-order valence-electron chi connectivity index (χ3n) is 2.25. The number of hydrogen-bond donors (Lipinski definition) is 1. The van der Waals surface area contributed by atoms with Crippen LogP contribution in [0.25, 0.3) is 0 Å². The molecule has 0 spiro atoms. The minimum absolute atomic E-state index is 0.203. The summed E-state index contributed by atoms with van der Waals surface area (Å²) < 4.78 is 6.15. The fourth-order valence-corrected chi connectivity index (χ4v) is 1.30. The summed E-state index contributed by atoms with van der Waals surface area (Å²) in [7, 11) is 1.34. The number of rotatable bonds is 5. The molecule has 6 nitrogen and oxygen atoms in total. The van der Waals surface area contributed by atoms with Crippen molar-refractivity contribution in [2.75, 3.05) is 7.11 Å². The van der Waals surface area contributed by atoms with Crippen molar-refractivity contribution in [1.82, 2.24) is 9.78 Å². The van der Waals surface area contributed by atoms with Gasteiger partial charge in [-0.3, -0.25) is 9.48 Å². The number of hydrogen-bond acceptors (Lipinski definition) is 4. The highest BCUT2D eigenvalue weighted by atomic mass is 16.5. The van der Waals surface area contributed by atoms with Crippen molar-refractivity contribution < 1.29 is 14.3 Å².